The molecule has 122 valence electrons. The van der Waals surface area contributed by atoms with Gasteiger partial charge in [-0.3, -0.25) is 0 Å². The van der Waals surface area contributed by atoms with E-state index in [9.17, 15) is 0 Å². The zero-order valence-electron chi connectivity index (χ0n) is 13.8. The number of benzene rings is 1. The minimum atomic E-state index is -0.353. The first kappa shape index (κ1) is 15.8. The molecule has 0 saturated heterocycles. The lowest BCUT2D eigenvalue weighted by Crippen LogP contribution is -2.28. The van der Waals surface area contributed by atoms with Crippen molar-refractivity contribution in [2.24, 2.45) is 5.73 Å². The molecule has 1 aromatic carbocycles. The number of hydrogen-bond acceptors (Lipinski definition) is 4. The predicted octanol–water partition coefficient (Wildman–Crippen LogP) is 3.02. The van der Waals surface area contributed by atoms with Gasteiger partial charge in [0.25, 0.3) is 0 Å². The highest BCUT2D eigenvalue weighted by Gasteiger charge is 2.20. The molecular weight excluding hydrogens is 288 g/mol. The summed E-state index contributed by atoms with van der Waals surface area (Å²) in [5.41, 5.74) is 8.50. The van der Waals surface area contributed by atoms with Crippen LogP contribution in [-0.4, -0.2) is 34.1 Å². The van der Waals surface area contributed by atoms with Gasteiger partial charge in [0.05, 0.1) is 17.3 Å². The van der Waals surface area contributed by atoms with Crippen LogP contribution in [0.5, 0.6) is 0 Å². The third-order valence-electron chi connectivity index (χ3n) is 4.35. The lowest BCUT2D eigenvalue weighted by atomic mass is 10.2. The Bertz CT molecular complexity index is 744. The fourth-order valence-corrected chi connectivity index (χ4v) is 2.94. The van der Waals surface area contributed by atoms with Crippen molar-refractivity contribution in [1.29, 1.82) is 0 Å². The molecule has 1 unspecified atom stereocenters. The van der Waals surface area contributed by atoms with Crippen molar-refractivity contribution in [1.82, 2.24) is 14.5 Å². The second kappa shape index (κ2) is 6.98. The standard InChI is InChI=1S/C18H24N4O/c1-3-21(4-2)11-12-22-15-9-6-5-8-14(15)20-18(22)17(19)16-10-7-13-23-16/h5-10,13,17H,3-4,11-12,19H2,1-2H3. The van der Waals surface area contributed by atoms with Gasteiger partial charge in [-0.1, -0.05) is 26.0 Å². The maximum absolute atomic E-state index is 6.41. The van der Waals surface area contributed by atoms with Crippen LogP contribution in [-0.2, 0) is 6.54 Å². The summed E-state index contributed by atoms with van der Waals surface area (Å²) in [5, 5.41) is 0. The molecule has 0 radical (unpaired) electrons. The SMILES string of the molecule is CCN(CC)CCn1c(C(N)c2ccco2)nc2ccccc21. The zero-order chi connectivity index (χ0) is 16.2. The van der Waals surface area contributed by atoms with Gasteiger partial charge in [-0.15, -0.1) is 0 Å². The van der Waals surface area contributed by atoms with Gasteiger partial charge in [0.15, 0.2) is 0 Å². The number of para-hydroxylation sites is 2. The molecule has 0 aliphatic carbocycles. The number of nitrogens with zero attached hydrogens (tertiary/aromatic N) is 3. The van der Waals surface area contributed by atoms with Crippen molar-refractivity contribution in [3.8, 4) is 0 Å². The molecular formula is C18H24N4O. The van der Waals surface area contributed by atoms with E-state index < -0.39 is 0 Å². The van der Waals surface area contributed by atoms with E-state index >= 15 is 0 Å². The minimum absolute atomic E-state index is 0.353. The summed E-state index contributed by atoms with van der Waals surface area (Å²) in [6, 6.07) is 11.6. The summed E-state index contributed by atoms with van der Waals surface area (Å²) in [6.45, 7) is 8.30. The van der Waals surface area contributed by atoms with Crippen LogP contribution in [0.2, 0.25) is 0 Å². The van der Waals surface area contributed by atoms with E-state index in [1.54, 1.807) is 6.26 Å². The highest BCUT2D eigenvalue weighted by molar-refractivity contribution is 5.76. The quantitative estimate of drug-likeness (QED) is 0.728. The molecule has 3 rings (SSSR count). The topological polar surface area (TPSA) is 60.2 Å². The van der Waals surface area contributed by atoms with Crippen LogP contribution in [0, 0.1) is 0 Å². The fourth-order valence-electron chi connectivity index (χ4n) is 2.94. The van der Waals surface area contributed by atoms with E-state index in [1.807, 2.05) is 30.3 Å². The lowest BCUT2D eigenvalue weighted by molar-refractivity contribution is 0.289. The molecule has 5 heteroatoms. The van der Waals surface area contributed by atoms with Crippen molar-refractivity contribution in [2.45, 2.75) is 26.4 Å². The van der Waals surface area contributed by atoms with Gasteiger partial charge in [-0.25, -0.2) is 4.98 Å². The first-order valence-electron chi connectivity index (χ1n) is 8.21. The summed E-state index contributed by atoms with van der Waals surface area (Å²) in [7, 11) is 0. The molecule has 0 fully saturated rings. The van der Waals surface area contributed by atoms with Crippen LogP contribution in [0.1, 0.15) is 31.5 Å². The normalized spacial score (nSPS) is 13.0. The Hall–Kier alpha value is -2.11. The van der Waals surface area contributed by atoms with Crippen molar-refractivity contribution in [3.63, 3.8) is 0 Å². The molecule has 2 N–H and O–H groups in total. The molecule has 0 saturated carbocycles. The molecule has 0 bridgehead atoms. The van der Waals surface area contributed by atoms with Gasteiger partial charge in [0.1, 0.15) is 17.6 Å². The highest BCUT2D eigenvalue weighted by Crippen LogP contribution is 2.24. The van der Waals surface area contributed by atoms with Gasteiger partial charge in [0.2, 0.25) is 0 Å². The van der Waals surface area contributed by atoms with Crippen molar-refractivity contribution in [3.05, 3.63) is 54.2 Å². The largest absolute Gasteiger partial charge is 0.467 e. The van der Waals surface area contributed by atoms with Crippen molar-refractivity contribution in [2.75, 3.05) is 19.6 Å². The van der Waals surface area contributed by atoms with Gasteiger partial charge < -0.3 is 19.6 Å². The van der Waals surface area contributed by atoms with Gasteiger partial charge in [-0.2, -0.15) is 0 Å². The number of imidazole rings is 1. The number of rotatable bonds is 7. The molecule has 0 aliphatic heterocycles. The summed E-state index contributed by atoms with van der Waals surface area (Å²) in [6.07, 6.45) is 1.65. The van der Waals surface area contributed by atoms with E-state index in [4.69, 9.17) is 15.1 Å². The minimum Gasteiger partial charge on any atom is -0.467 e. The molecule has 23 heavy (non-hydrogen) atoms. The van der Waals surface area contributed by atoms with Gasteiger partial charge in [0, 0.05) is 13.1 Å². The Balaban J connectivity index is 1.97. The Labute approximate surface area is 136 Å². The van der Waals surface area contributed by atoms with Crippen LogP contribution in [0.15, 0.2) is 47.1 Å². The van der Waals surface area contributed by atoms with E-state index in [-0.39, 0.29) is 6.04 Å². The molecule has 5 nitrogen and oxygen atoms in total. The van der Waals surface area contributed by atoms with Gasteiger partial charge >= 0.3 is 0 Å². The first-order chi connectivity index (χ1) is 11.2. The highest BCUT2D eigenvalue weighted by atomic mass is 16.3. The monoisotopic (exact) mass is 312 g/mol. The lowest BCUT2D eigenvalue weighted by Gasteiger charge is -2.20. The Morgan fingerprint density at radius 2 is 1.96 bits per heavy atom. The predicted molar refractivity (Wildman–Crippen MR) is 92.3 cm³/mol. The van der Waals surface area contributed by atoms with Crippen LogP contribution in [0.25, 0.3) is 11.0 Å². The fraction of sp³-hybridized carbons (Fsp3) is 0.389. The van der Waals surface area contributed by atoms with Crippen LogP contribution in [0.3, 0.4) is 0 Å². The second-order valence-corrected chi connectivity index (χ2v) is 5.63. The van der Waals surface area contributed by atoms with Crippen molar-refractivity contribution < 1.29 is 4.42 Å². The summed E-state index contributed by atoms with van der Waals surface area (Å²) in [5.74, 6) is 1.60. The Morgan fingerprint density at radius 1 is 1.17 bits per heavy atom. The third kappa shape index (κ3) is 3.16. The van der Waals surface area contributed by atoms with Crippen LogP contribution in [0.4, 0.5) is 0 Å². The van der Waals surface area contributed by atoms with Crippen molar-refractivity contribution >= 4 is 11.0 Å². The average Bonchev–Trinajstić information content (AvgIpc) is 3.23. The number of fused-ring (bicyclic) bond motifs is 1. The van der Waals surface area contributed by atoms with Crippen LogP contribution >= 0.6 is 0 Å². The molecule has 2 heterocycles. The third-order valence-corrected chi connectivity index (χ3v) is 4.35. The number of hydrogen-bond donors (Lipinski definition) is 1. The Morgan fingerprint density at radius 3 is 2.65 bits per heavy atom. The molecule has 0 aliphatic rings. The van der Waals surface area contributed by atoms with E-state index in [2.05, 4.69) is 29.4 Å². The molecule has 0 amide bonds. The zero-order valence-corrected chi connectivity index (χ0v) is 13.8. The maximum Gasteiger partial charge on any atom is 0.134 e. The number of aromatic nitrogens is 2. The molecule has 2 aromatic heterocycles. The first-order valence-corrected chi connectivity index (χ1v) is 8.21. The average molecular weight is 312 g/mol. The molecule has 0 spiro atoms. The summed E-state index contributed by atoms with van der Waals surface area (Å²) < 4.78 is 7.70. The second-order valence-electron chi connectivity index (χ2n) is 5.63. The van der Waals surface area contributed by atoms with E-state index in [1.165, 1.54) is 0 Å². The van der Waals surface area contributed by atoms with E-state index in [0.717, 1.165) is 48.8 Å². The van der Waals surface area contributed by atoms with E-state index in [0.29, 0.717) is 0 Å². The maximum atomic E-state index is 6.41. The number of furan rings is 1. The molecule has 1 atom stereocenters. The summed E-state index contributed by atoms with van der Waals surface area (Å²) >= 11 is 0. The smallest absolute Gasteiger partial charge is 0.134 e. The number of nitrogens with two attached hydrogens (primary N) is 1. The van der Waals surface area contributed by atoms with Crippen LogP contribution < -0.4 is 5.73 Å². The van der Waals surface area contributed by atoms with Gasteiger partial charge in [-0.05, 0) is 37.4 Å². The Kier molecular flexibility index (Phi) is 4.79. The number of likely N-dealkylation sites (N-methyl/N-ethyl adjacent to an activating group) is 1. The summed E-state index contributed by atoms with van der Waals surface area (Å²) in [4.78, 5) is 7.16. The molecule has 3 aromatic rings.